The van der Waals surface area contributed by atoms with Crippen LogP contribution in [-0.4, -0.2) is 9.97 Å². The fourth-order valence-corrected chi connectivity index (χ4v) is 1.93. The Morgan fingerprint density at radius 1 is 1.06 bits per heavy atom. The van der Waals surface area contributed by atoms with E-state index in [0.29, 0.717) is 20.7 Å². The summed E-state index contributed by atoms with van der Waals surface area (Å²) in [5, 5.41) is 9.06. The van der Waals surface area contributed by atoms with Crippen LogP contribution in [0, 0.1) is 20.7 Å². The Balaban J connectivity index is 2.81. The minimum Gasteiger partial charge on any atom is -0.331 e. The molecule has 1 aromatic carbocycles. The van der Waals surface area contributed by atoms with Gasteiger partial charge in [-0.2, -0.15) is 5.26 Å². The normalized spacial score (nSPS) is 9.69. The van der Waals surface area contributed by atoms with E-state index in [4.69, 9.17) is 29.7 Å². The second-order valence-corrected chi connectivity index (χ2v) is 3.95. The molecule has 0 saturated heterocycles. The first-order valence-corrected chi connectivity index (χ1v) is 5.36. The van der Waals surface area contributed by atoms with E-state index in [9.17, 15) is 0 Å². The van der Waals surface area contributed by atoms with E-state index < -0.39 is 0 Å². The van der Waals surface area contributed by atoms with Crippen LogP contribution in [0.15, 0.2) is 30.3 Å². The van der Waals surface area contributed by atoms with E-state index in [1.54, 1.807) is 0 Å². The minimum atomic E-state index is 0.366. The molecule has 0 amide bonds. The quantitative estimate of drug-likeness (QED) is 0.758. The summed E-state index contributed by atoms with van der Waals surface area (Å²) in [6.45, 7) is 0. The van der Waals surface area contributed by atoms with Gasteiger partial charge in [0, 0.05) is 0 Å². The molecular formula is C11H7N3S2. The Morgan fingerprint density at radius 2 is 1.75 bits per heavy atom. The number of nitrogens with zero attached hydrogens (tertiary/aromatic N) is 1. The first kappa shape index (κ1) is 10.7. The highest BCUT2D eigenvalue weighted by Crippen LogP contribution is 2.20. The van der Waals surface area contributed by atoms with Crippen LogP contribution in [0.2, 0.25) is 0 Å². The van der Waals surface area contributed by atoms with E-state index in [1.165, 1.54) is 0 Å². The Hall–Kier alpha value is -1.77. The third-order valence-corrected chi connectivity index (χ3v) is 2.63. The Kier molecular flexibility index (Phi) is 2.95. The van der Waals surface area contributed by atoms with Crippen LogP contribution in [-0.2, 0) is 0 Å². The highest BCUT2D eigenvalue weighted by molar-refractivity contribution is 7.72. The van der Waals surface area contributed by atoms with Gasteiger partial charge in [-0.3, -0.25) is 0 Å². The lowest BCUT2D eigenvalue weighted by Crippen LogP contribution is -1.94. The van der Waals surface area contributed by atoms with Crippen LogP contribution in [0.3, 0.4) is 0 Å². The third-order valence-electron chi connectivity index (χ3n) is 2.12. The van der Waals surface area contributed by atoms with Crippen LogP contribution in [0.4, 0.5) is 0 Å². The van der Waals surface area contributed by atoms with E-state index in [-0.39, 0.29) is 0 Å². The lowest BCUT2D eigenvalue weighted by molar-refractivity contribution is 1.11. The van der Waals surface area contributed by atoms with Gasteiger partial charge in [-0.15, -0.1) is 0 Å². The molecule has 0 aliphatic carbocycles. The number of H-pyrrole nitrogens is 2. The smallest absolute Gasteiger partial charge is 0.175 e. The van der Waals surface area contributed by atoms with Gasteiger partial charge >= 0.3 is 0 Å². The van der Waals surface area contributed by atoms with Gasteiger partial charge in [0.2, 0.25) is 0 Å². The van der Waals surface area contributed by atoms with Crippen molar-refractivity contribution in [3.63, 3.8) is 0 Å². The van der Waals surface area contributed by atoms with Crippen LogP contribution in [0.25, 0.3) is 11.3 Å². The van der Waals surface area contributed by atoms with Crippen molar-refractivity contribution < 1.29 is 0 Å². The zero-order chi connectivity index (χ0) is 11.5. The molecule has 0 bridgehead atoms. The van der Waals surface area contributed by atoms with Crippen molar-refractivity contribution in [1.29, 1.82) is 5.26 Å². The van der Waals surface area contributed by atoms with Crippen molar-refractivity contribution in [2.24, 2.45) is 0 Å². The Bertz CT molecular complexity index is 662. The molecular weight excluding hydrogens is 238 g/mol. The SMILES string of the molecule is N#Cc1c(-c2ccccc2)[nH]c(=S)[nH]c1=S. The molecule has 1 heterocycles. The van der Waals surface area contributed by atoms with Crippen molar-refractivity contribution >= 4 is 24.4 Å². The van der Waals surface area contributed by atoms with Crippen molar-refractivity contribution in [1.82, 2.24) is 9.97 Å². The summed E-state index contributed by atoms with van der Waals surface area (Å²) in [5.74, 6) is 0. The third kappa shape index (κ3) is 1.94. The Morgan fingerprint density at radius 3 is 2.38 bits per heavy atom. The van der Waals surface area contributed by atoms with Crippen LogP contribution >= 0.6 is 24.4 Å². The molecule has 0 radical (unpaired) electrons. The average Bonchev–Trinajstić information content (AvgIpc) is 2.29. The summed E-state index contributed by atoms with van der Waals surface area (Å²) < 4.78 is 0.785. The molecule has 5 heteroatoms. The highest BCUT2D eigenvalue weighted by Gasteiger charge is 2.06. The van der Waals surface area contributed by atoms with E-state index in [1.807, 2.05) is 30.3 Å². The summed E-state index contributed by atoms with van der Waals surface area (Å²) in [6, 6.07) is 11.6. The maximum atomic E-state index is 9.06. The van der Waals surface area contributed by atoms with Gasteiger partial charge in [-0.1, -0.05) is 42.5 Å². The molecule has 0 aliphatic heterocycles. The Labute approximate surface area is 102 Å². The number of hydrogen-bond donors (Lipinski definition) is 2. The number of benzene rings is 1. The summed E-state index contributed by atoms with van der Waals surface area (Å²) in [4.78, 5) is 5.71. The number of nitriles is 1. The van der Waals surface area contributed by atoms with Crippen LogP contribution in [0.5, 0.6) is 0 Å². The zero-order valence-corrected chi connectivity index (χ0v) is 9.78. The van der Waals surface area contributed by atoms with Crippen LogP contribution < -0.4 is 0 Å². The van der Waals surface area contributed by atoms with Crippen molar-refractivity contribution in [3.05, 3.63) is 45.3 Å². The topological polar surface area (TPSA) is 55.4 Å². The molecule has 3 nitrogen and oxygen atoms in total. The maximum absolute atomic E-state index is 9.06. The standard InChI is InChI=1S/C11H7N3S2/c12-6-8-9(7-4-2-1-3-5-7)13-11(16)14-10(8)15/h1-5H,(H2,13,14,15,16). The first-order chi connectivity index (χ1) is 7.72. The number of rotatable bonds is 1. The summed E-state index contributed by atoms with van der Waals surface area (Å²) >= 11 is 10.1. The zero-order valence-electron chi connectivity index (χ0n) is 8.15. The average molecular weight is 245 g/mol. The molecule has 0 unspecified atom stereocenters. The van der Waals surface area contributed by atoms with Gasteiger partial charge in [-0.05, 0) is 17.8 Å². The lowest BCUT2D eigenvalue weighted by atomic mass is 10.1. The number of aromatic nitrogens is 2. The molecule has 0 aliphatic rings. The lowest BCUT2D eigenvalue weighted by Gasteiger charge is -2.03. The molecule has 2 N–H and O–H groups in total. The molecule has 2 aromatic rings. The van der Waals surface area contributed by atoms with Gasteiger partial charge in [0.05, 0.1) is 5.69 Å². The number of nitrogens with one attached hydrogen (secondary N) is 2. The van der Waals surface area contributed by atoms with E-state index in [0.717, 1.165) is 5.56 Å². The first-order valence-electron chi connectivity index (χ1n) is 4.54. The van der Waals surface area contributed by atoms with Gasteiger partial charge in [-0.25, -0.2) is 0 Å². The van der Waals surface area contributed by atoms with E-state index >= 15 is 0 Å². The van der Waals surface area contributed by atoms with Crippen molar-refractivity contribution in [2.75, 3.05) is 0 Å². The minimum absolute atomic E-state index is 0.366. The largest absolute Gasteiger partial charge is 0.331 e. The van der Waals surface area contributed by atoms with Gasteiger partial charge in [0.15, 0.2) is 4.77 Å². The highest BCUT2D eigenvalue weighted by atomic mass is 32.1. The fourth-order valence-electron chi connectivity index (χ4n) is 1.41. The predicted molar refractivity (Wildman–Crippen MR) is 67.0 cm³/mol. The molecule has 1 aromatic heterocycles. The molecule has 2 rings (SSSR count). The molecule has 0 spiro atoms. The second-order valence-electron chi connectivity index (χ2n) is 3.14. The monoisotopic (exact) mass is 245 g/mol. The van der Waals surface area contributed by atoms with Crippen molar-refractivity contribution in [3.8, 4) is 17.3 Å². The van der Waals surface area contributed by atoms with E-state index in [2.05, 4.69) is 16.0 Å². The molecule has 16 heavy (non-hydrogen) atoms. The molecule has 78 valence electrons. The van der Waals surface area contributed by atoms with Crippen LogP contribution in [0.1, 0.15) is 5.56 Å². The van der Waals surface area contributed by atoms with Crippen molar-refractivity contribution in [2.45, 2.75) is 0 Å². The second kappa shape index (κ2) is 4.39. The summed E-state index contributed by atoms with van der Waals surface area (Å²) in [7, 11) is 0. The van der Waals surface area contributed by atoms with Gasteiger partial charge < -0.3 is 9.97 Å². The molecule has 0 saturated carbocycles. The van der Waals surface area contributed by atoms with Gasteiger partial charge in [0.25, 0.3) is 0 Å². The number of hydrogen-bond acceptors (Lipinski definition) is 3. The predicted octanol–water partition coefficient (Wildman–Crippen LogP) is 3.34. The summed E-state index contributed by atoms with van der Waals surface area (Å²) in [5.41, 5.74) is 1.97. The van der Waals surface area contributed by atoms with Gasteiger partial charge in [0.1, 0.15) is 16.3 Å². The number of aromatic amines is 2. The molecule has 0 fully saturated rings. The molecule has 0 atom stereocenters. The maximum Gasteiger partial charge on any atom is 0.175 e. The summed E-state index contributed by atoms with van der Waals surface area (Å²) in [6.07, 6.45) is 0. The fraction of sp³-hybridized carbons (Fsp3) is 0.